The first kappa shape index (κ1) is 49.1. The average Bonchev–Trinajstić information content (AvgIpc) is 3.07. The van der Waals surface area contributed by atoms with Crippen LogP contribution >= 0.6 is 22.6 Å². The molecule has 3 amide bonds. The van der Waals surface area contributed by atoms with Crippen molar-refractivity contribution in [1.29, 1.82) is 0 Å². The zero-order valence-corrected chi connectivity index (χ0v) is 35.9. The van der Waals surface area contributed by atoms with E-state index in [0.29, 0.717) is 25.3 Å². The van der Waals surface area contributed by atoms with E-state index in [9.17, 15) is 14.4 Å². The molecule has 0 unspecified atom stereocenters. The lowest BCUT2D eigenvalue weighted by atomic mass is 10.2. The number of alkyl halides is 1. The number of anilines is 3. The van der Waals surface area contributed by atoms with E-state index in [1.807, 2.05) is 122 Å². The Kier molecular flexibility index (Phi) is 21.6. The predicted molar refractivity (Wildman–Crippen MR) is 227 cm³/mol. The highest BCUT2D eigenvalue weighted by molar-refractivity contribution is 14.1. The molecular formula is C41H57IN6O6. The Balaban J connectivity index is 0.000000762. The van der Waals surface area contributed by atoms with Crippen LogP contribution in [0.3, 0.4) is 0 Å². The van der Waals surface area contributed by atoms with Gasteiger partial charge in [0, 0.05) is 48.8 Å². The van der Waals surface area contributed by atoms with E-state index in [-0.39, 0.29) is 6.09 Å². The van der Waals surface area contributed by atoms with Gasteiger partial charge in [-0.2, -0.15) is 0 Å². The van der Waals surface area contributed by atoms with Gasteiger partial charge < -0.3 is 29.6 Å². The van der Waals surface area contributed by atoms with Gasteiger partial charge in [0.1, 0.15) is 16.8 Å². The van der Waals surface area contributed by atoms with Crippen molar-refractivity contribution in [3.8, 4) is 0 Å². The van der Waals surface area contributed by atoms with Crippen LogP contribution in [-0.4, -0.2) is 54.1 Å². The summed E-state index contributed by atoms with van der Waals surface area (Å²) in [6.07, 6.45) is -1.26. The SMILES string of the molecule is CI.CN(C(=O)OC(C)(C)C)c1cccc(CN)c1.[C-]#[N+]Cc1cccc(N(C)C(=O)OC(C)(C)C)c1.[C-]#[N+]Cc1cccc(NC(=O)OC(C)(C)C)c1. The van der Waals surface area contributed by atoms with Crippen LogP contribution < -0.4 is 20.9 Å². The molecule has 0 aliphatic carbocycles. The van der Waals surface area contributed by atoms with Gasteiger partial charge in [-0.05, 0) is 109 Å². The first-order chi connectivity index (χ1) is 25.1. The molecule has 3 rings (SSSR count). The average molecular weight is 857 g/mol. The number of carbonyl (C=O) groups is 3. The Labute approximate surface area is 336 Å². The van der Waals surface area contributed by atoms with Crippen LogP contribution in [0.5, 0.6) is 0 Å². The number of carbonyl (C=O) groups excluding carboxylic acids is 3. The predicted octanol–water partition coefficient (Wildman–Crippen LogP) is 10.5. The number of rotatable bonds is 6. The second-order valence-electron chi connectivity index (χ2n) is 14.6. The van der Waals surface area contributed by atoms with Crippen molar-refractivity contribution in [2.45, 2.75) is 98.8 Å². The normalized spacial score (nSPS) is 10.4. The molecule has 12 nitrogen and oxygen atoms in total. The summed E-state index contributed by atoms with van der Waals surface area (Å²) in [4.78, 5) is 46.7. The summed E-state index contributed by atoms with van der Waals surface area (Å²) in [6.45, 7) is 31.1. The van der Waals surface area contributed by atoms with Gasteiger partial charge >= 0.3 is 18.3 Å². The Morgan fingerprint density at radius 3 is 1.41 bits per heavy atom. The van der Waals surface area contributed by atoms with Crippen molar-refractivity contribution in [2.24, 2.45) is 5.73 Å². The topological polar surface area (TPSA) is 132 Å². The number of nitrogens with zero attached hydrogens (tertiary/aromatic N) is 4. The third kappa shape index (κ3) is 21.6. The summed E-state index contributed by atoms with van der Waals surface area (Å²) < 4.78 is 15.7. The largest absolute Gasteiger partial charge is 0.444 e. The number of ether oxygens (including phenoxy) is 3. The summed E-state index contributed by atoms with van der Waals surface area (Å²) in [7, 11) is 3.34. The number of halogens is 1. The smallest absolute Gasteiger partial charge is 0.414 e. The number of nitrogens with one attached hydrogen (secondary N) is 1. The number of nitrogens with two attached hydrogens (primary N) is 1. The maximum absolute atomic E-state index is 11.9. The van der Waals surface area contributed by atoms with Gasteiger partial charge in [-0.1, -0.05) is 59.0 Å². The molecule has 0 atom stereocenters. The Morgan fingerprint density at radius 2 is 1.02 bits per heavy atom. The van der Waals surface area contributed by atoms with E-state index >= 15 is 0 Å². The van der Waals surface area contributed by atoms with Crippen LogP contribution in [0.1, 0.15) is 79.0 Å². The van der Waals surface area contributed by atoms with Crippen LogP contribution in [0, 0.1) is 13.1 Å². The lowest BCUT2D eigenvalue weighted by Gasteiger charge is -2.24. The molecule has 0 saturated heterocycles. The Bertz CT molecular complexity index is 1710. The zero-order chi connectivity index (χ0) is 41.7. The molecule has 3 aromatic carbocycles. The molecule has 3 N–H and O–H groups in total. The summed E-state index contributed by atoms with van der Waals surface area (Å²) >= 11 is 2.15. The highest BCUT2D eigenvalue weighted by Gasteiger charge is 2.22. The monoisotopic (exact) mass is 856 g/mol. The Morgan fingerprint density at radius 1 is 0.648 bits per heavy atom. The van der Waals surface area contributed by atoms with Gasteiger partial charge in [0.2, 0.25) is 13.1 Å². The first-order valence-corrected chi connectivity index (χ1v) is 19.2. The summed E-state index contributed by atoms with van der Waals surface area (Å²) in [6, 6.07) is 22.0. The third-order valence-electron chi connectivity index (χ3n) is 6.26. The van der Waals surface area contributed by atoms with E-state index in [1.165, 1.54) is 9.80 Å². The number of benzene rings is 3. The molecule has 0 aliphatic rings. The molecule has 0 aliphatic heterocycles. The summed E-state index contributed by atoms with van der Waals surface area (Å²) in [5.41, 5.74) is 8.93. The van der Waals surface area contributed by atoms with E-state index in [1.54, 1.807) is 32.3 Å². The molecule has 0 bridgehead atoms. The van der Waals surface area contributed by atoms with Crippen molar-refractivity contribution in [3.05, 3.63) is 112 Å². The van der Waals surface area contributed by atoms with E-state index in [4.69, 9.17) is 33.1 Å². The molecule has 0 saturated carbocycles. The fourth-order valence-corrected chi connectivity index (χ4v) is 3.98. The van der Waals surface area contributed by atoms with E-state index in [2.05, 4.69) is 37.6 Å². The summed E-state index contributed by atoms with van der Waals surface area (Å²) in [5.74, 6) is 0. The molecule has 54 heavy (non-hydrogen) atoms. The van der Waals surface area contributed by atoms with Gasteiger partial charge in [-0.25, -0.2) is 27.5 Å². The van der Waals surface area contributed by atoms with E-state index in [0.717, 1.165) is 28.1 Å². The van der Waals surface area contributed by atoms with Gasteiger partial charge in [-0.15, -0.1) is 0 Å². The maximum Gasteiger partial charge on any atom is 0.414 e. The minimum atomic E-state index is -0.516. The van der Waals surface area contributed by atoms with Crippen LogP contribution in [0.4, 0.5) is 31.4 Å². The highest BCUT2D eigenvalue weighted by atomic mass is 127. The molecule has 294 valence electrons. The summed E-state index contributed by atoms with van der Waals surface area (Å²) in [5, 5.41) is 2.63. The molecule has 0 radical (unpaired) electrons. The molecular weight excluding hydrogens is 799 g/mol. The van der Waals surface area contributed by atoms with Crippen molar-refractivity contribution >= 4 is 57.9 Å². The molecule has 0 heterocycles. The minimum Gasteiger partial charge on any atom is -0.444 e. The van der Waals surface area contributed by atoms with Gasteiger partial charge in [0.05, 0.1) is 0 Å². The van der Waals surface area contributed by atoms with Crippen LogP contribution in [0.15, 0.2) is 72.8 Å². The van der Waals surface area contributed by atoms with Gasteiger partial charge in [-0.3, -0.25) is 15.1 Å². The van der Waals surface area contributed by atoms with Crippen LogP contribution in [0.25, 0.3) is 9.69 Å². The molecule has 0 spiro atoms. The molecule has 0 fully saturated rings. The lowest BCUT2D eigenvalue weighted by molar-refractivity contribution is 0.0578. The minimum absolute atomic E-state index is 0.309. The van der Waals surface area contributed by atoms with Crippen molar-refractivity contribution in [3.63, 3.8) is 0 Å². The van der Waals surface area contributed by atoms with Crippen molar-refractivity contribution < 1.29 is 28.6 Å². The zero-order valence-electron chi connectivity index (χ0n) is 33.7. The fraction of sp³-hybridized carbons (Fsp3) is 0.439. The highest BCUT2D eigenvalue weighted by Crippen LogP contribution is 2.20. The number of amides is 3. The van der Waals surface area contributed by atoms with Crippen molar-refractivity contribution in [1.82, 2.24) is 0 Å². The van der Waals surface area contributed by atoms with Crippen LogP contribution in [0.2, 0.25) is 0 Å². The number of hydrogen-bond donors (Lipinski definition) is 2. The molecule has 0 aromatic heterocycles. The van der Waals surface area contributed by atoms with Gasteiger partial charge in [0.25, 0.3) is 0 Å². The molecule has 3 aromatic rings. The molecule has 13 heteroatoms. The second-order valence-corrected chi connectivity index (χ2v) is 14.6. The fourth-order valence-electron chi connectivity index (χ4n) is 3.98. The number of hydrogen-bond acceptors (Lipinski definition) is 7. The first-order valence-electron chi connectivity index (χ1n) is 17.0. The maximum atomic E-state index is 11.9. The Hall–Kier alpha value is -4.86. The standard InChI is InChI=1S/C14H18N2O2.C13H20N2O2.C13H16N2O2.CH3I/c1-14(2,3)18-13(17)16(5)12-8-6-7-11(9-12)10-15-4;1-13(2,3)17-12(16)15(4)11-7-5-6-10(8-11)9-14;1-13(2,3)17-12(16)15-11-7-5-6-10(8-11)9-14-4;1-2/h6-9H,10H2,1-3,5H3;5-8H,9,14H2,1-4H3;5-8H,9H2,1-3H3,(H,15,16);1H3. The van der Waals surface area contributed by atoms with Crippen LogP contribution in [-0.2, 0) is 33.8 Å². The van der Waals surface area contributed by atoms with E-state index < -0.39 is 29.0 Å². The second kappa shape index (κ2) is 23.7. The third-order valence-corrected chi connectivity index (χ3v) is 6.26. The lowest BCUT2D eigenvalue weighted by Crippen LogP contribution is -2.34. The van der Waals surface area contributed by atoms with Gasteiger partial charge in [0.15, 0.2) is 0 Å². The quantitative estimate of drug-likeness (QED) is 0.109. The van der Waals surface area contributed by atoms with Crippen molar-refractivity contribution in [2.75, 3.05) is 34.1 Å².